The number of thiazole rings is 1. The molecule has 0 radical (unpaired) electrons. The van der Waals surface area contributed by atoms with Crippen LogP contribution < -0.4 is 10.6 Å². The summed E-state index contributed by atoms with van der Waals surface area (Å²) >= 11 is 1.75. The van der Waals surface area contributed by atoms with E-state index >= 15 is 0 Å². The minimum atomic E-state index is 0.297. The Labute approximate surface area is 143 Å². The first-order chi connectivity index (χ1) is 11.1. The highest BCUT2D eigenvalue weighted by Gasteiger charge is 2.15. The fourth-order valence-electron chi connectivity index (χ4n) is 2.39. The summed E-state index contributed by atoms with van der Waals surface area (Å²) in [6.07, 6.45) is 2.85. The van der Waals surface area contributed by atoms with E-state index in [1.165, 1.54) is 10.4 Å². The Morgan fingerprint density at radius 1 is 1.26 bits per heavy atom. The van der Waals surface area contributed by atoms with Crippen LogP contribution in [0.25, 0.3) is 0 Å². The maximum Gasteiger partial charge on any atom is 0.191 e. The summed E-state index contributed by atoms with van der Waals surface area (Å²) < 4.78 is 0. The third-order valence-electron chi connectivity index (χ3n) is 3.96. The van der Waals surface area contributed by atoms with Crippen molar-refractivity contribution in [2.75, 3.05) is 13.6 Å². The van der Waals surface area contributed by atoms with Crippen molar-refractivity contribution >= 4 is 17.3 Å². The lowest BCUT2D eigenvalue weighted by Crippen LogP contribution is -2.44. The number of aromatic nitrogens is 1. The van der Waals surface area contributed by atoms with Crippen molar-refractivity contribution in [3.63, 3.8) is 0 Å². The fourth-order valence-corrected chi connectivity index (χ4v) is 3.17. The van der Waals surface area contributed by atoms with Gasteiger partial charge in [0.2, 0.25) is 0 Å². The summed E-state index contributed by atoms with van der Waals surface area (Å²) in [4.78, 5) is 9.96. The fraction of sp³-hybridized carbons (Fsp3) is 0.444. The van der Waals surface area contributed by atoms with E-state index < -0.39 is 0 Å². The van der Waals surface area contributed by atoms with Gasteiger partial charge in [0, 0.05) is 43.0 Å². The average Bonchev–Trinajstić information content (AvgIpc) is 2.99. The number of rotatable bonds is 6. The Hall–Kier alpha value is -1.88. The van der Waals surface area contributed by atoms with Gasteiger partial charge in [0.05, 0.1) is 5.01 Å². The van der Waals surface area contributed by atoms with E-state index in [1.54, 1.807) is 11.3 Å². The number of benzene rings is 1. The standard InChI is InChI=1S/C18H26N4S/c1-13-12-21-17(23-13)10-11-20-18(19-4)22-15(3)14(2)16-8-6-5-7-9-16/h5-9,12,14-15H,10-11H2,1-4H3,(H2,19,20,22). The molecule has 2 unspecified atom stereocenters. The van der Waals surface area contributed by atoms with E-state index in [2.05, 4.69) is 71.7 Å². The Morgan fingerprint density at radius 2 is 2.00 bits per heavy atom. The predicted molar refractivity (Wildman–Crippen MR) is 99.4 cm³/mol. The molecule has 0 aliphatic heterocycles. The summed E-state index contributed by atoms with van der Waals surface area (Å²) in [5, 5.41) is 8.01. The van der Waals surface area contributed by atoms with E-state index in [4.69, 9.17) is 0 Å². The van der Waals surface area contributed by atoms with Gasteiger partial charge >= 0.3 is 0 Å². The van der Waals surface area contributed by atoms with Crippen LogP contribution in [0.3, 0.4) is 0 Å². The van der Waals surface area contributed by atoms with Crippen molar-refractivity contribution < 1.29 is 0 Å². The molecule has 0 bridgehead atoms. The van der Waals surface area contributed by atoms with Gasteiger partial charge < -0.3 is 10.6 Å². The molecule has 0 saturated carbocycles. The zero-order valence-corrected chi connectivity index (χ0v) is 15.2. The molecule has 0 aliphatic rings. The molecule has 2 rings (SSSR count). The SMILES string of the molecule is CN=C(NCCc1ncc(C)s1)NC(C)C(C)c1ccccc1. The molecule has 5 heteroatoms. The molecule has 1 aromatic carbocycles. The summed E-state index contributed by atoms with van der Waals surface area (Å²) in [7, 11) is 1.81. The lowest BCUT2D eigenvalue weighted by atomic mass is 9.94. The van der Waals surface area contributed by atoms with Crippen LogP contribution in [0.5, 0.6) is 0 Å². The van der Waals surface area contributed by atoms with Gasteiger partial charge in [0.15, 0.2) is 5.96 Å². The Bertz CT molecular complexity index is 621. The number of hydrogen-bond acceptors (Lipinski definition) is 3. The Kier molecular flexibility index (Phi) is 6.59. The summed E-state index contributed by atoms with van der Waals surface area (Å²) in [6.45, 7) is 7.34. The van der Waals surface area contributed by atoms with Crippen molar-refractivity contribution in [2.45, 2.75) is 39.2 Å². The number of guanidine groups is 1. The number of hydrogen-bond donors (Lipinski definition) is 2. The molecule has 0 aliphatic carbocycles. The molecule has 0 spiro atoms. The van der Waals surface area contributed by atoms with E-state index in [0.29, 0.717) is 12.0 Å². The Balaban J connectivity index is 1.82. The lowest BCUT2D eigenvalue weighted by Gasteiger charge is -2.24. The monoisotopic (exact) mass is 330 g/mol. The van der Waals surface area contributed by atoms with Gasteiger partial charge in [-0.2, -0.15) is 0 Å². The summed E-state index contributed by atoms with van der Waals surface area (Å²) in [6, 6.07) is 10.9. The Morgan fingerprint density at radius 3 is 2.61 bits per heavy atom. The van der Waals surface area contributed by atoms with Gasteiger partial charge in [-0.1, -0.05) is 37.3 Å². The van der Waals surface area contributed by atoms with Crippen molar-refractivity contribution in [3.8, 4) is 0 Å². The highest BCUT2D eigenvalue weighted by atomic mass is 32.1. The van der Waals surface area contributed by atoms with Crippen LogP contribution in [0.15, 0.2) is 41.5 Å². The van der Waals surface area contributed by atoms with Crippen molar-refractivity contribution in [1.82, 2.24) is 15.6 Å². The second-order valence-corrected chi connectivity index (χ2v) is 7.07. The van der Waals surface area contributed by atoms with Gasteiger partial charge in [-0.3, -0.25) is 4.99 Å². The number of aliphatic imine (C=N–C) groups is 1. The molecule has 23 heavy (non-hydrogen) atoms. The van der Waals surface area contributed by atoms with Gasteiger partial charge in [0.1, 0.15) is 0 Å². The van der Waals surface area contributed by atoms with Crippen LogP contribution in [0.1, 0.15) is 35.2 Å². The second kappa shape index (κ2) is 8.67. The topological polar surface area (TPSA) is 49.3 Å². The zero-order valence-electron chi connectivity index (χ0n) is 14.3. The van der Waals surface area contributed by atoms with Crippen LogP contribution >= 0.6 is 11.3 Å². The maximum atomic E-state index is 4.39. The zero-order chi connectivity index (χ0) is 16.7. The smallest absolute Gasteiger partial charge is 0.191 e. The van der Waals surface area contributed by atoms with Gasteiger partial charge in [-0.15, -0.1) is 11.3 Å². The first-order valence-corrected chi connectivity index (χ1v) is 8.85. The minimum absolute atomic E-state index is 0.297. The molecule has 2 N–H and O–H groups in total. The van der Waals surface area contributed by atoms with Gasteiger partial charge in [0.25, 0.3) is 0 Å². The molecule has 124 valence electrons. The molecular formula is C18H26N4S. The van der Waals surface area contributed by atoms with E-state index in [1.807, 2.05) is 13.2 Å². The van der Waals surface area contributed by atoms with E-state index in [9.17, 15) is 0 Å². The first-order valence-electron chi connectivity index (χ1n) is 8.03. The minimum Gasteiger partial charge on any atom is -0.356 e. The largest absolute Gasteiger partial charge is 0.356 e. The van der Waals surface area contributed by atoms with Crippen molar-refractivity contribution in [1.29, 1.82) is 0 Å². The van der Waals surface area contributed by atoms with Gasteiger partial charge in [-0.05, 0) is 19.4 Å². The van der Waals surface area contributed by atoms with Crippen molar-refractivity contribution in [2.24, 2.45) is 4.99 Å². The number of aryl methyl sites for hydroxylation is 1. The van der Waals surface area contributed by atoms with Crippen LogP contribution in [-0.4, -0.2) is 30.6 Å². The molecule has 0 saturated heterocycles. The molecule has 1 heterocycles. The second-order valence-electron chi connectivity index (χ2n) is 5.75. The van der Waals surface area contributed by atoms with Crippen LogP contribution in [-0.2, 0) is 6.42 Å². The lowest BCUT2D eigenvalue weighted by molar-refractivity contribution is 0.550. The maximum absolute atomic E-state index is 4.39. The van der Waals surface area contributed by atoms with E-state index in [0.717, 1.165) is 23.9 Å². The summed E-state index contributed by atoms with van der Waals surface area (Å²) in [5.74, 6) is 1.25. The quantitative estimate of drug-likeness (QED) is 0.631. The molecule has 2 atom stereocenters. The van der Waals surface area contributed by atoms with Crippen LogP contribution in [0.2, 0.25) is 0 Å². The average molecular weight is 331 g/mol. The normalized spacial score (nSPS) is 14.3. The first kappa shape index (κ1) is 17.5. The third-order valence-corrected chi connectivity index (χ3v) is 4.94. The molecule has 0 amide bonds. The van der Waals surface area contributed by atoms with E-state index in [-0.39, 0.29) is 0 Å². The number of nitrogens with zero attached hydrogens (tertiary/aromatic N) is 2. The molecule has 4 nitrogen and oxygen atoms in total. The molecule has 0 fully saturated rings. The van der Waals surface area contributed by atoms with Crippen LogP contribution in [0.4, 0.5) is 0 Å². The summed E-state index contributed by atoms with van der Waals surface area (Å²) in [5.41, 5.74) is 1.33. The predicted octanol–water partition coefficient (Wildman–Crippen LogP) is 3.35. The van der Waals surface area contributed by atoms with Crippen molar-refractivity contribution in [3.05, 3.63) is 52.0 Å². The van der Waals surface area contributed by atoms with Gasteiger partial charge in [-0.25, -0.2) is 4.98 Å². The highest BCUT2D eigenvalue weighted by Crippen LogP contribution is 2.18. The molecule has 1 aromatic heterocycles. The van der Waals surface area contributed by atoms with Crippen LogP contribution in [0, 0.1) is 6.92 Å². The highest BCUT2D eigenvalue weighted by molar-refractivity contribution is 7.11. The molecular weight excluding hydrogens is 304 g/mol. The number of nitrogens with one attached hydrogen (secondary N) is 2. The molecule has 2 aromatic rings. The third kappa shape index (κ3) is 5.36.